The van der Waals surface area contributed by atoms with Crippen LogP contribution in [0.3, 0.4) is 0 Å². The summed E-state index contributed by atoms with van der Waals surface area (Å²) in [5.41, 5.74) is 3.18. The highest BCUT2D eigenvalue weighted by Crippen LogP contribution is 2.16. The van der Waals surface area contributed by atoms with Gasteiger partial charge in [-0.25, -0.2) is 4.68 Å². The number of hydrogen-bond acceptors (Lipinski definition) is 2. The van der Waals surface area contributed by atoms with Gasteiger partial charge in [-0.2, -0.15) is 0 Å². The molecule has 0 aliphatic carbocycles. The van der Waals surface area contributed by atoms with E-state index < -0.39 is 0 Å². The topological polar surface area (TPSA) is 30.7 Å². The van der Waals surface area contributed by atoms with Crippen molar-refractivity contribution in [2.75, 3.05) is 0 Å². The zero-order valence-corrected chi connectivity index (χ0v) is 11.8. The molecule has 1 aromatic heterocycles. The molecule has 0 aliphatic heterocycles. The van der Waals surface area contributed by atoms with Crippen molar-refractivity contribution in [1.29, 1.82) is 0 Å². The van der Waals surface area contributed by atoms with Gasteiger partial charge in [0.15, 0.2) is 0 Å². The summed E-state index contributed by atoms with van der Waals surface area (Å²) < 4.78 is 2.93. The highest BCUT2D eigenvalue weighted by Gasteiger charge is 2.03. The fourth-order valence-electron chi connectivity index (χ4n) is 1.94. The second-order valence-corrected chi connectivity index (χ2v) is 5.21. The quantitative estimate of drug-likeness (QED) is 0.737. The highest BCUT2D eigenvalue weighted by atomic mass is 79.9. The van der Waals surface area contributed by atoms with E-state index >= 15 is 0 Å². The van der Waals surface area contributed by atoms with Crippen molar-refractivity contribution in [3.05, 3.63) is 70.8 Å². The lowest BCUT2D eigenvalue weighted by atomic mass is 10.2. The Labute approximate surface area is 120 Å². The average molecular weight is 314 g/mol. The van der Waals surface area contributed by atoms with Crippen molar-refractivity contribution >= 4 is 15.9 Å². The third kappa shape index (κ3) is 2.90. The van der Waals surface area contributed by atoms with Crippen molar-refractivity contribution < 1.29 is 0 Å². The number of nitrogens with zero attached hydrogens (tertiary/aromatic N) is 3. The first-order chi connectivity index (χ1) is 9.31. The highest BCUT2D eigenvalue weighted by molar-refractivity contribution is 9.10. The molecule has 0 amide bonds. The average Bonchev–Trinajstić information content (AvgIpc) is 2.88. The minimum atomic E-state index is 0.722. The zero-order valence-electron chi connectivity index (χ0n) is 10.2. The van der Waals surface area contributed by atoms with Crippen LogP contribution in [0.1, 0.15) is 5.56 Å². The third-order valence-corrected chi connectivity index (χ3v) is 3.34. The van der Waals surface area contributed by atoms with Crippen LogP contribution in [0.2, 0.25) is 0 Å². The number of halogens is 1. The van der Waals surface area contributed by atoms with Crippen LogP contribution in [0, 0.1) is 0 Å². The van der Waals surface area contributed by atoms with Crippen molar-refractivity contribution in [1.82, 2.24) is 15.0 Å². The van der Waals surface area contributed by atoms with E-state index in [1.54, 1.807) is 0 Å². The summed E-state index contributed by atoms with van der Waals surface area (Å²) in [7, 11) is 0. The van der Waals surface area contributed by atoms with Gasteiger partial charge in [-0.3, -0.25) is 0 Å². The molecule has 4 heteroatoms. The molecule has 19 heavy (non-hydrogen) atoms. The Morgan fingerprint density at radius 1 is 1.00 bits per heavy atom. The van der Waals surface area contributed by atoms with Crippen LogP contribution in [0.25, 0.3) is 11.3 Å². The van der Waals surface area contributed by atoms with Gasteiger partial charge in [-0.05, 0) is 17.7 Å². The van der Waals surface area contributed by atoms with E-state index in [-0.39, 0.29) is 0 Å². The van der Waals surface area contributed by atoms with Gasteiger partial charge >= 0.3 is 0 Å². The summed E-state index contributed by atoms with van der Waals surface area (Å²) in [5.74, 6) is 0. The molecule has 3 nitrogen and oxygen atoms in total. The predicted molar refractivity (Wildman–Crippen MR) is 78.7 cm³/mol. The molecule has 0 radical (unpaired) electrons. The molecule has 0 spiro atoms. The molecular formula is C15H12BrN3. The van der Waals surface area contributed by atoms with E-state index in [0.717, 1.165) is 22.3 Å². The minimum Gasteiger partial charge on any atom is -0.247 e. The molecule has 3 rings (SSSR count). The van der Waals surface area contributed by atoms with Crippen molar-refractivity contribution in [2.45, 2.75) is 6.54 Å². The van der Waals surface area contributed by atoms with Crippen LogP contribution >= 0.6 is 15.9 Å². The van der Waals surface area contributed by atoms with Crippen molar-refractivity contribution in [3.63, 3.8) is 0 Å². The van der Waals surface area contributed by atoms with Gasteiger partial charge in [0.05, 0.1) is 12.7 Å². The maximum atomic E-state index is 4.21. The zero-order chi connectivity index (χ0) is 13.1. The number of benzene rings is 2. The van der Waals surface area contributed by atoms with E-state index in [9.17, 15) is 0 Å². The van der Waals surface area contributed by atoms with Crippen LogP contribution in [0.5, 0.6) is 0 Å². The van der Waals surface area contributed by atoms with E-state index in [0.29, 0.717) is 0 Å². The Hall–Kier alpha value is -1.94. The smallest absolute Gasteiger partial charge is 0.113 e. The first-order valence-electron chi connectivity index (χ1n) is 6.01. The molecule has 2 aromatic carbocycles. The van der Waals surface area contributed by atoms with Crippen molar-refractivity contribution in [3.8, 4) is 11.3 Å². The molecule has 0 saturated carbocycles. The molecule has 0 aliphatic rings. The van der Waals surface area contributed by atoms with Gasteiger partial charge in [0.1, 0.15) is 5.69 Å². The molecular weight excluding hydrogens is 302 g/mol. The second-order valence-electron chi connectivity index (χ2n) is 4.30. The van der Waals surface area contributed by atoms with Crippen molar-refractivity contribution in [2.24, 2.45) is 0 Å². The molecule has 0 atom stereocenters. The maximum absolute atomic E-state index is 4.21. The van der Waals surface area contributed by atoms with Crippen LogP contribution in [-0.2, 0) is 6.54 Å². The molecule has 0 N–H and O–H groups in total. The van der Waals surface area contributed by atoms with Crippen LogP contribution < -0.4 is 0 Å². The SMILES string of the molecule is Brc1cccc(Cn2cc(-c3ccccc3)nn2)c1. The standard InChI is InChI=1S/C15H12BrN3/c16-14-8-4-5-12(9-14)10-19-11-15(17-18-19)13-6-2-1-3-7-13/h1-9,11H,10H2. The largest absolute Gasteiger partial charge is 0.247 e. The number of rotatable bonds is 3. The summed E-state index contributed by atoms with van der Waals surface area (Å²) in [6, 6.07) is 18.3. The lowest BCUT2D eigenvalue weighted by Gasteiger charge is -2.01. The van der Waals surface area contributed by atoms with Crippen LogP contribution in [-0.4, -0.2) is 15.0 Å². The first kappa shape index (κ1) is 12.1. The Morgan fingerprint density at radius 2 is 1.84 bits per heavy atom. The van der Waals surface area contributed by atoms with Crippen LogP contribution in [0.15, 0.2) is 65.3 Å². The summed E-state index contributed by atoms with van der Waals surface area (Å²) in [4.78, 5) is 0. The van der Waals surface area contributed by atoms with E-state index in [1.165, 1.54) is 5.56 Å². The van der Waals surface area contributed by atoms with Gasteiger partial charge < -0.3 is 0 Å². The third-order valence-electron chi connectivity index (χ3n) is 2.84. The summed E-state index contributed by atoms with van der Waals surface area (Å²) in [6.07, 6.45) is 1.97. The molecule has 0 saturated heterocycles. The summed E-state index contributed by atoms with van der Waals surface area (Å²) >= 11 is 3.47. The fourth-order valence-corrected chi connectivity index (χ4v) is 2.39. The molecule has 1 heterocycles. The Morgan fingerprint density at radius 3 is 2.63 bits per heavy atom. The number of aromatic nitrogens is 3. The molecule has 0 unspecified atom stereocenters. The van der Waals surface area contributed by atoms with Gasteiger partial charge in [-0.1, -0.05) is 63.6 Å². The molecule has 0 bridgehead atoms. The number of hydrogen-bond donors (Lipinski definition) is 0. The van der Waals surface area contributed by atoms with E-state index in [1.807, 2.05) is 53.3 Å². The van der Waals surface area contributed by atoms with E-state index in [4.69, 9.17) is 0 Å². The van der Waals surface area contributed by atoms with Gasteiger partial charge in [0, 0.05) is 10.0 Å². The lowest BCUT2D eigenvalue weighted by Crippen LogP contribution is -2.00. The Bertz CT molecular complexity index is 677. The lowest BCUT2D eigenvalue weighted by molar-refractivity contribution is 0.649. The van der Waals surface area contributed by atoms with Crippen LogP contribution in [0.4, 0.5) is 0 Å². The fraction of sp³-hybridized carbons (Fsp3) is 0.0667. The van der Waals surface area contributed by atoms with Gasteiger partial charge in [-0.15, -0.1) is 5.10 Å². The normalized spacial score (nSPS) is 10.6. The minimum absolute atomic E-state index is 0.722. The Kier molecular flexibility index (Phi) is 3.42. The molecule has 0 fully saturated rings. The predicted octanol–water partition coefficient (Wildman–Crippen LogP) is 3.76. The maximum Gasteiger partial charge on any atom is 0.113 e. The first-order valence-corrected chi connectivity index (χ1v) is 6.80. The molecule has 94 valence electrons. The second kappa shape index (κ2) is 5.36. The van der Waals surface area contributed by atoms with E-state index in [2.05, 4.69) is 38.4 Å². The summed E-state index contributed by atoms with van der Waals surface area (Å²) in [5, 5.41) is 8.38. The Balaban J connectivity index is 1.82. The summed E-state index contributed by atoms with van der Waals surface area (Å²) in [6.45, 7) is 0.722. The molecule has 3 aromatic rings. The van der Waals surface area contributed by atoms with Gasteiger partial charge in [0.2, 0.25) is 0 Å². The monoisotopic (exact) mass is 313 g/mol. The van der Waals surface area contributed by atoms with Gasteiger partial charge in [0.25, 0.3) is 0 Å².